The fourth-order valence-electron chi connectivity index (χ4n) is 3.86. The third-order valence-electron chi connectivity index (χ3n) is 5.82. The summed E-state index contributed by atoms with van der Waals surface area (Å²) < 4.78 is 10.7. The van der Waals surface area contributed by atoms with E-state index in [1.165, 1.54) is 25.3 Å². The topological polar surface area (TPSA) is 84.9 Å². The van der Waals surface area contributed by atoms with Gasteiger partial charge in [0.05, 0.1) is 13.7 Å². The Labute approximate surface area is 187 Å². The molecule has 0 bridgehead atoms. The monoisotopic (exact) mass is 445 g/mol. The van der Waals surface area contributed by atoms with Gasteiger partial charge >= 0.3 is 5.97 Å². The van der Waals surface area contributed by atoms with Gasteiger partial charge in [0.2, 0.25) is 0 Å². The van der Waals surface area contributed by atoms with Crippen LogP contribution in [0.5, 0.6) is 11.5 Å². The summed E-state index contributed by atoms with van der Waals surface area (Å²) in [5.74, 6) is -0.178. The minimum Gasteiger partial charge on any atom is -0.504 e. The number of phenolic OH excluding ortho intramolecular Hbond substituents is 1. The van der Waals surface area contributed by atoms with Crippen LogP contribution in [0, 0.1) is 5.92 Å². The van der Waals surface area contributed by atoms with Gasteiger partial charge in [0.15, 0.2) is 11.5 Å². The molecule has 2 N–H and O–H groups in total. The molecule has 0 saturated heterocycles. The summed E-state index contributed by atoms with van der Waals surface area (Å²) in [7, 11) is 1.33. The number of ether oxygens (including phenoxy) is 2. The molecule has 0 spiro atoms. The molecular weight excluding hydrogens is 418 g/mol. The molecule has 31 heavy (non-hydrogen) atoms. The molecule has 6 nitrogen and oxygen atoms in total. The number of phenols is 1. The van der Waals surface area contributed by atoms with E-state index in [2.05, 4.69) is 12.2 Å². The second-order valence-corrected chi connectivity index (χ2v) is 8.56. The molecule has 2 aromatic rings. The van der Waals surface area contributed by atoms with Crippen molar-refractivity contribution >= 4 is 23.5 Å². The molecule has 1 fully saturated rings. The summed E-state index contributed by atoms with van der Waals surface area (Å²) >= 11 is 6.00. The highest BCUT2D eigenvalue weighted by atomic mass is 35.5. The normalized spacial score (nSPS) is 20.7. The van der Waals surface area contributed by atoms with E-state index < -0.39 is 17.4 Å². The van der Waals surface area contributed by atoms with Crippen LogP contribution in [0.2, 0.25) is 5.02 Å². The van der Waals surface area contributed by atoms with Gasteiger partial charge in [-0.05, 0) is 67.5 Å². The molecule has 0 heterocycles. The maximum atomic E-state index is 12.9. The van der Waals surface area contributed by atoms with Crippen LogP contribution in [-0.2, 0) is 16.0 Å². The zero-order valence-corrected chi connectivity index (χ0v) is 18.6. The van der Waals surface area contributed by atoms with Crippen molar-refractivity contribution < 1.29 is 24.2 Å². The number of carbonyl (C=O) groups is 2. The molecule has 0 aliphatic heterocycles. The highest BCUT2D eigenvalue weighted by Gasteiger charge is 2.43. The Hall–Kier alpha value is -2.73. The molecule has 3 rings (SSSR count). The predicted octanol–water partition coefficient (Wildman–Crippen LogP) is 4.52. The standard InChI is InChI=1S/C24H28ClNO5/c1-16-8-11-24(12-9-16,23(29)30-2)26-22(28)18-6-7-20(27)21(15-18)31-13-10-17-4-3-5-19(25)14-17/h3-7,14-16,27H,8-13H2,1-2H3,(H,26,28)/t16-,24+. The number of nitrogens with one attached hydrogen (secondary N) is 1. The Morgan fingerprint density at radius 3 is 2.61 bits per heavy atom. The average Bonchev–Trinajstić information content (AvgIpc) is 2.76. The van der Waals surface area contributed by atoms with Gasteiger partial charge in [-0.25, -0.2) is 4.79 Å². The highest BCUT2D eigenvalue weighted by molar-refractivity contribution is 6.30. The van der Waals surface area contributed by atoms with Crippen LogP contribution >= 0.6 is 11.6 Å². The zero-order chi connectivity index (χ0) is 22.4. The van der Waals surface area contributed by atoms with Crippen LogP contribution in [0.3, 0.4) is 0 Å². The van der Waals surface area contributed by atoms with E-state index in [9.17, 15) is 14.7 Å². The quantitative estimate of drug-likeness (QED) is 0.612. The van der Waals surface area contributed by atoms with E-state index in [1.807, 2.05) is 18.2 Å². The lowest BCUT2D eigenvalue weighted by atomic mass is 9.77. The largest absolute Gasteiger partial charge is 0.504 e. The van der Waals surface area contributed by atoms with Crippen molar-refractivity contribution in [3.8, 4) is 11.5 Å². The van der Waals surface area contributed by atoms with Crippen LogP contribution in [-0.4, -0.2) is 36.2 Å². The number of hydrogen-bond donors (Lipinski definition) is 2. The number of methoxy groups -OCH3 is 1. The van der Waals surface area contributed by atoms with Gasteiger partial charge in [-0.2, -0.15) is 0 Å². The van der Waals surface area contributed by atoms with Crippen molar-refractivity contribution in [2.45, 2.75) is 44.6 Å². The number of halogens is 1. The van der Waals surface area contributed by atoms with Gasteiger partial charge in [0, 0.05) is 17.0 Å². The predicted molar refractivity (Wildman–Crippen MR) is 119 cm³/mol. The first-order valence-electron chi connectivity index (χ1n) is 10.4. The third-order valence-corrected chi connectivity index (χ3v) is 6.05. The van der Waals surface area contributed by atoms with Gasteiger partial charge in [-0.15, -0.1) is 0 Å². The van der Waals surface area contributed by atoms with Crippen molar-refractivity contribution in [2.75, 3.05) is 13.7 Å². The number of esters is 1. The summed E-state index contributed by atoms with van der Waals surface area (Å²) in [6.45, 7) is 2.44. The van der Waals surface area contributed by atoms with Gasteiger partial charge in [0.1, 0.15) is 5.54 Å². The molecule has 1 aliphatic rings. The molecular formula is C24H28ClNO5. The maximum absolute atomic E-state index is 12.9. The molecule has 0 aromatic heterocycles. The lowest BCUT2D eigenvalue weighted by molar-refractivity contribution is -0.150. The van der Waals surface area contributed by atoms with E-state index in [4.69, 9.17) is 21.1 Å². The maximum Gasteiger partial charge on any atom is 0.331 e. The average molecular weight is 446 g/mol. The minimum atomic E-state index is -1.02. The van der Waals surface area contributed by atoms with Crippen molar-refractivity contribution in [1.29, 1.82) is 0 Å². The van der Waals surface area contributed by atoms with E-state index in [0.717, 1.165) is 18.4 Å². The Balaban J connectivity index is 1.69. The molecule has 2 aromatic carbocycles. The van der Waals surface area contributed by atoms with E-state index in [1.54, 1.807) is 6.07 Å². The van der Waals surface area contributed by atoms with Crippen LogP contribution in [0.1, 0.15) is 48.5 Å². The van der Waals surface area contributed by atoms with E-state index >= 15 is 0 Å². The van der Waals surface area contributed by atoms with E-state index in [0.29, 0.717) is 42.4 Å². The number of amides is 1. The van der Waals surface area contributed by atoms with Gasteiger partial charge in [0.25, 0.3) is 5.91 Å². The van der Waals surface area contributed by atoms with Gasteiger partial charge in [-0.1, -0.05) is 30.7 Å². The number of aromatic hydroxyl groups is 1. The Morgan fingerprint density at radius 1 is 1.19 bits per heavy atom. The first-order chi connectivity index (χ1) is 14.8. The van der Waals surface area contributed by atoms with Gasteiger partial charge < -0.3 is 19.9 Å². The summed E-state index contributed by atoms with van der Waals surface area (Å²) in [5, 5.41) is 13.7. The SMILES string of the molecule is COC(=O)[C@]1(NC(=O)c2ccc(O)c(OCCc3cccc(Cl)c3)c2)CC[C@@H](C)CC1. The van der Waals surface area contributed by atoms with Crippen LogP contribution < -0.4 is 10.1 Å². The highest BCUT2D eigenvalue weighted by Crippen LogP contribution is 2.34. The van der Waals surface area contributed by atoms with E-state index in [-0.39, 0.29) is 11.5 Å². The Bertz CT molecular complexity index is 937. The second-order valence-electron chi connectivity index (χ2n) is 8.12. The molecule has 1 amide bonds. The number of rotatable bonds is 7. The van der Waals surface area contributed by atoms with Crippen molar-refractivity contribution in [1.82, 2.24) is 5.32 Å². The molecule has 1 aliphatic carbocycles. The molecule has 0 radical (unpaired) electrons. The van der Waals surface area contributed by atoms with Crippen LogP contribution in [0.15, 0.2) is 42.5 Å². The summed E-state index contributed by atoms with van der Waals surface area (Å²) in [6, 6.07) is 11.9. The molecule has 1 saturated carbocycles. The first-order valence-corrected chi connectivity index (χ1v) is 10.8. The molecule has 0 unspecified atom stereocenters. The van der Waals surface area contributed by atoms with Crippen LogP contribution in [0.25, 0.3) is 0 Å². The van der Waals surface area contributed by atoms with Crippen LogP contribution in [0.4, 0.5) is 0 Å². The second kappa shape index (κ2) is 10.1. The Morgan fingerprint density at radius 2 is 1.94 bits per heavy atom. The molecule has 166 valence electrons. The fourth-order valence-corrected chi connectivity index (χ4v) is 4.08. The number of carbonyl (C=O) groups excluding carboxylic acids is 2. The lowest BCUT2D eigenvalue weighted by Crippen LogP contribution is -2.56. The summed E-state index contributed by atoms with van der Waals surface area (Å²) in [4.78, 5) is 25.4. The number of hydrogen-bond acceptors (Lipinski definition) is 5. The zero-order valence-electron chi connectivity index (χ0n) is 17.8. The number of benzene rings is 2. The minimum absolute atomic E-state index is 0.0585. The molecule has 7 heteroatoms. The van der Waals surface area contributed by atoms with Crippen molar-refractivity contribution in [3.63, 3.8) is 0 Å². The third kappa shape index (κ3) is 5.70. The molecule has 0 atom stereocenters. The first kappa shape index (κ1) is 22.9. The summed E-state index contributed by atoms with van der Waals surface area (Å²) in [5.41, 5.74) is 0.286. The Kier molecular flexibility index (Phi) is 7.44. The smallest absolute Gasteiger partial charge is 0.331 e. The summed E-state index contributed by atoms with van der Waals surface area (Å²) in [6.07, 6.45) is 3.34. The van der Waals surface area contributed by atoms with Crippen molar-refractivity contribution in [3.05, 3.63) is 58.6 Å². The fraction of sp³-hybridized carbons (Fsp3) is 0.417. The van der Waals surface area contributed by atoms with Gasteiger partial charge in [-0.3, -0.25) is 4.79 Å². The lowest BCUT2D eigenvalue weighted by Gasteiger charge is -2.37. The van der Waals surface area contributed by atoms with Crippen molar-refractivity contribution in [2.24, 2.45) is 5.92 Å².